The lowest BCUT2D eigenvalue weighted by molar-refractivity contribution is -0.140. The van der Waals surface area contributed by atoms with Gasteiger partial charge in [-0.05, 0) is 19.1 Å². The molecule has 3 rings (SSSR count). The van der Waals surface area contributed by atoms with Crippen molar-refractivity contribution in [1.29, 1.82) is 0 Å². The van der Waals surface area contributed by atoms with Gasteiger partial charge in [-0.2, -0.15) is 0 Å². The molecule has 21 heavy (non-hydrogen) atoms. The molecule has 1 fully saturated rings. The summed E-state index contributed by atoms with van der Waals surface area (Å²) in [4.78, 5) is 18.9. The number of thiazole rings is 1. The monoisotopic (exact) mass is 305 g/mol. The number of carbonyl (C=O) groups excluding carboxylic acids is 1. The van der Waals surface area contributed by atoms with Crippen molar-refractivity contribution in [3.63, 3.8) is 0 Å². The second-order valence-corrected chi connectivity index (χ2v) is 6.89. The van der Waals surface area contributed by atoms with E-state index in [2.05, 4.69) is 4.98 Å². The Bertz CT molecular complexity index is 639. The highest BCUT2D eigenvalue weighted by Gasteiger charge is 2.45. The molecule has 2 unspecified atom stereocenters. The molecule has 6 heteroatoms. The zero-order valence-electron chi connectivity index (χ0n) is 12.2. The molecule has 1 aliphatic heterocycles. The van der Waals surface area contributed by atoms with E-state index in [9.17, 15) is 4.79 Å². The Morgan fingerprint density at radius 3 is 3.00 bits per heavy atom. The number of para-hydroxylation sites is 1. The number of nitrogens with two attached hydrogens (primary N) is 1. The van der Waals surface area contributed by atoms with Crippen molar-refractivity contribution in [2.24, 2.45) is 11.1 Å². The number of nitrogens with zero attached hydrogens (tertiary/aromatic N) is 2. The zero-order chi connectivity index (χ0) is 15.0. The molecule has 2 atom stereocenters. The number of carbonyl (C=O) groups is 1. The zero-order valence-corrected chi connectivity index (χ0v) is 13.0. The van der Waals surface area contributed by atoms with Crippen molar-refractivity contribution in [1.82, 2.24) is 9.88 Å². The van der Waals surface area contributed by atoms with Gasteiger partial charge in [0.15, 0.2) is 0 Å². The number of amides is 1. The first-order chi connectivity index (χ1) is 10.0. The van der Waals surface area contributed by atoms with Gasteiger partial charge >= 0.3 is 0 Å². The van der Waals surface area contributed by atoms with Crippen LogP contribution in [0.15, 0.2) is 24.3 Å². The lowest BCUT2D eigenvalue weighted by Gasteiger charge is -2.30. The Hall–Kier alpha value is -1.50. The topological polar surface area (TPSA) is 68.5 Å². The summed E-state index contributed by atoms with van der Waals surface area (Å²) in [6.07, 6.45) is 0. The maximum Gasteiger partial charge on any atom is 0.232 e. The second kappa shape index (κ2) is 5.36. The van der Waals surface area contributed by atoms with E-state index in [4.69, 9.17) is 10.5 Å². The van der Waals surface area contributed by atoms with Crippen molar-refractivity contribution in [3.8, 4) is 0 Å². The highest BCUT2D eigenvalue weighted by molar-refractivity contribution is 7.18. The fourth-order valence-electron chi connectivity index (χ4n) is 2.61. The van der Waals surface area contributed by atoms with Gasteiger partial charge in [0.2, 0.25) is 5.91 Å². The van der Waals surface area contributed by atoms with Crippen LogP contribution in [-0.4, -0.2) is 42.1 Å². The van der Waals surface area contributed by atoms with Gasteiger partial charge in [-0.3, -0.25) is 4.79 Å². The van der Waals surface area contributed by atoms with Crippen molar-refractivity contribution in [2.75, 3.05) is 20.3 Å². The molecule has 1 amide bonds. The first kappa shape index (κ1) is 14.4. The largest absolute Gasteiger partial charge is 0.379 e. The average Bonchev–Trinajstić information content (AvgIpc) is 3.02. The Labute approximate surface area is 127 Å². The summed E-state index contributed by atoms with van der Waals surface area (Å²) in [6.45, 7) is 3.21. The number of fused-ring (bicyclic) bond motifs is 1. The SMILES string of the molecule is CN(Cc1nc2ccccc2s1)C(=O)C1(C)COCC1N. The summed E-state index contributed by atoms with van der Waals surface area (Å²) in [5.41, 5.74) is 6.36. The molecule has 2 heterocycles. The van der Waals surface area contributed by atoms with E-state index in [1.807, 2.05) is 31.2 Å². The third-order valence-electron chi connectivity index (χ3n) is 4.06. The molecule has 2 aromatic rings. The lowest BCUT2D eigenvalue weighted by atomic mass is 9.84. The van der Waals surface area contributed by atoms with E-state index in [1.165, 1.54) is 0 Å². The molecule has 2 N–H and O–H groups in total. The number of ether oxygens (including phenoxy) is 1. The minimum absolute atomic E-state index is 0.0201. The maximum absolute atomic E-state index is 12.6. The predicted molar refractivity (Wildman–Crippen MR) is 83.0 cm³/mol. The number of rotatable bonds is 3. The maximum atomic E-state index is 12.6. The number of hydrogen-bond donors (Lipinski definition) is 1. The van der Waals surface area contributed by atoms with Gasteiger partial charge in [0.05, 0.1) is 35.4 Å². The Morgan fingerprint density at radius 1 is 1.57 bits per heavy atom. The lowest BCUT2D eigenvalue weighted by Crippen LogP contribution is -2.50. The normalized spacial score (nSPS) is 25.4. The van der Waals surface area contributed by atoms with Gasteiger partial charge < -0.3 is 15.4 Å². The molecule has 5 nitrogen and oxygen atoms in total. The minimum Gasteiger partial charge on any atom is -0.379 e. The van der Waals surface area contributed by atoms with Crippen LogP contribution in [0.4, 0.5) is 0 Å². The van der Waals surface area contributed by atoms with Crippen LogP contribution in [0.1, 0.15) is 11.9 Å². The summed E-state index contributed by atoms with van der Waals surface area (Å²) < 4.78 is 6.50. The van der Waals surface area contributed by atoms with Crippen molar-refractivity contribution >= 4 is 27.5 Å². The Balaban J connectivity index is 1.76. The van der Waals surface area contributed by atoms with E-state index in [0.29, 0.717) is 19.8 Å². The average molecular weight is 305 g/mol. The molecule has 112 valence electrons. The molecule has 0 spiro atoms. The van der Waals surface area contributed by atoms with Crippen LogP contribution >= 0.6 is 11.3 Å². The van der Waals surface area contributed by atoms with Crippen molar-refractivity contribution in [3.05, 3.63) is 29.3 Å². The van der Waals surface area contributed by atoms with Crippen molar-refractivity contribution in [2.45, 2.75) is 19.5 Å². The predicted octanol–water partition coefficient (Wildman–Crippen LogP) is 1.62. The Morgan fingerprint density at radius 2 is 2.33 bits per heavy atom. The molecule has 1 aromatic heterocycles. The highest BCUT2D eigenvalue weighted by Crippen LogP contribution is 2.30. The second-order valence-electron chi connectivity index (χ2n) is 5.78. The third-order valence-corrected chi connectivity index (χ3v) is 5.08. The molecule has 1 aliphatic rings. The molecule has 1 saturated heterocycles. The van der Waals surface area contributed by atoms with Crippen LogP contribution in [-0.2, 0) is 16.1 Å². The smallest absolute Gasteiger partial charge is 0.232 e. The fraction of sp³-hybridized carbons (Fsp3) is 0.467. The molecule has 0 saturated carbocycles. The van der Waals surface area contributed by atoms with Crippen LogP contribution in [0.2, 0.25) is 0 Å². The fourth-order valence-corrected chi connectivity index (χ4v) is 3.63. The first-order valence-electron chi connectivity index (χ1n) is 6.94. The molecular formula is C15H19N3O2S. The minimum atomic E-state index is -0.633. The standard InChI is InChI=1S/C15H19N3O2S/c1-15(9-20-8-12(15)16)14(19)18(2)7-13-17-10-5-3-4-6-11(10)21-13/h3-6,12H,7-9,16H2,1-2H3. The number of aromatic nitrogens is 1. The molecule has 0 aliphatic carbocycles. The van der Waals surface area contributed by atoms with Crippen LogP contribution in [0, 0.1) is 5.41 Å². The van der Waals surface area contributed by atoms with Crippen LogP contribution in [0.5, 0.6) is 0 Å². The molecule has 1 aromatic carbocycles. The first-order valence-corrected chi connectivity index (χ1v) is 7.76. The molecule has 0 radical (unpaired) electrons. The quantitative estimate of drug-likeness (QED) is 0.935. The van der Waals surface area contributed by atoms with Gasteiger partial charge in [-0.1, -0.05) is 12.1 Å². The van der Waals surface area contributed by atoms with Gasteiger partial charge in [0.25, 0.3) is 0 Å². The van der Waals surface area contributed by atoms with E-state index in [-0.39, 0.29) is 11.9 Å². The van der Waals surface area contributed by atoms with Gasteiger partial charge in [-0.25, -0.2) is 4.98 Å². The van der Waals surface area contributed by atoms with Crippen LogP contribution in [0.3, 0.4) is 0 Å². The Kier molecular flexibility index (Phi) is 3.69. The summed E-state index contributed by atoms with van der Waals surface area (Å²) in [5.74, 6) is 0.0201. The van der Waals surface area contributed by atoms with E-state index in [1.54, 1.807) is 23.3 Å². The van der Waals surface area contributed by atoms with E-state index < -0.39 is 5.41 Å². The summed E-state index contributed by atoms with van der Waals surface area (Å²) in [6, 6.07) is 7.74. The van der Waals surface area contributed by atoms with Crippen LogP contribution in [0.25, 0.3) is 10.2 Å². The van der Waals surface area contributed by atoms with Gasteiger partial charge in [0.1, 0.15) is 5.01 Å². The molecule has 0 bridgehead atoms. The van der Waals surface area contributed by atoms with Crippen molar-refractivity contribution < 1.29 is 9.53 Å². The van der Waals surface area contributed by atoms with Gasteiger partial charge in [0, 0.05) is 13.1 Å². The number of hydrogen-bond acceptors (Lipinski definition) is 5. The van der Waals surface area contributed by atoms with E-state index in [0.717, 1.165) is 15.2 Å². The summed E-state index contributed by atoms with van der Waals surface area (Å²) in [7, 11) is 1.80. The summed E-state index contributed by atoms with van der Waals surface area (Å²) in [5, 5.41) is 0.933. The van der Waals surface area contributed by atoms with E-state index >= 15 is 0 Å². The summed E-state index contributed by atoms with van der Waals surface area (Å²) >= 11 is 1.62. The highest BCUT2D eigenvalue weighted by atomic mass is 32.1. The third kappa shape index (κ3) is 2.54. The number of benzene rings is 1. The van der Waals surface area contributed by atoms with Crippen LogP contribution < -0.4 is 5.73 Å². The molecular weight excluding hydrogens is 286 g/mol. The van der Waals surface area contributed by atoms with Gasteiger partial charge in [-0.15, -0.1) is 11.3 Å².